The summed E-state index contributed by atoms with van der Waals surface area (Å²) < 4.78 is 6.15. The summed E-state index contributed by atoms with van der Waals surface area (Å²) in [5.41, 5.74) is 0.524. The van der Waals surface area contributed by atoms with Crippen LogP contribution in [0.4, 0.5) is 0 Å². The predicted molar refractivity (Wildman–Crippen MR) is 147 cm³/mol. The van der Waals surface area contributed by atoms with Crippen LogP contribution in [0.3, 0.4) is 0 Å². The van der Waals surface area contributed by atoms with E-state index in [9.17, 15) is 14.7 Å². The molecule has 1 amide bonds. The smallest absolute Gasteiger partial charge is 0.308 e. The van der Waals surface area contributed by atoms with Crippen LogP contribution in [0.15, 0.2) is 36.0 Å². The molecular weight excluding hydrogens is 454 g/mol. The molecule has 2 aliphatic rings. The van der Waals surface area contributed by atoms with Crippen LogP contribution < -0.4 is 5.32 Å². The molecule has 206 valence electrons. The van der Waals surface area contributed by atoms with E-state index in [1.807, 2.05) is 13.0 Å². The van der Waals surface area contributed by atoms with Crippen molar-refractivity contribution in [2.45, 2.75) is 118 Å². The van der Waals surface area contributed by atoms with Crippen molar-refractivity contribution in [3.63, 3.8) is 0 Å². The maximum Gasteiger partial charge on any atom is 0.308 e. The maximum atomic E-state index is 11.8. The number of carbonyl (C=O) groups excluding carboxylic acids is 1. The number of rotatable bonds is 8. The molecule has 2 atom stereocenters. The lowest BCUT2D eigenvalue weighted by atomic mass is 9.83. The third kappa shape index (κ3) is 13.4. The molecule has 2 rings (SSSR count). The lowest BCUT2D eigenvalue weighted by molar-refractivity contribution is -0.145. The molecule has 3 N–H and O–H groups in total. The topological polar surface area (TPSA) is 95.9 Å². The zero-order valence-corrected chi connectivity index (χ0v) is 23.7. The zero-order chi connectivity index (χ0) is 27.4. The average molecular weight is 506 g/mol. The Balaban J connectivity index is 0.000000809. The summed E-state index contributed by atoms with van der Waals surface area (Å²) in [5, 5.41) is 20.9. The molecule has 0 spiro atoms. The Kier molecular flexibility index (Phi) is 13.7. The van der Waals surface area contributed by atoms with E-state index in [0.717, 1.165) is 38.5 Å². The quantitative estimate of drug-likeness (QED) is 0.269. The molecule has 1 aliphatic carbocycles. The number of carbonyl (C=O) groups is 2. The fourth-order valence-electron chi connectivity index (χ4n) is 4.57. The van der Waals surface area contributed by atoms with Gasteiger partial charge in [0.05, 0.1) is 17.1 Å². The van der Waals surface area contributed by atoms with Crippen LogP contribution in [-0.4, -0.2) is 46.4 Å². The monoisotopic (exact) mass is 505 g/mol. The van der Waals surface area contributed by atoms with Gasteiger partial charge in [0.1, 0.15) is 0 Å². The van der Waals surface area contributed by atoms with Crippen molar-refractivity contribution in [2.24, 2.45) is 17.3 Å². The second-order valence-corrected chi connectivity index (χ2v) is 12.0. The number of hydrogen-bond donors (Lipinski definition) is 3. The van der Waals surface area contributed by atoms with Crippen molar-refractivity contribution in [3.05, 3.63) is 36.0 Å². The molecule has 1 aliphatic heterocycles. The fourth-order valence-corrected chi connectivity index (χ4v) is 4.57. The fraction of sp³-hybridized carbons (Fsp3) is 0.733. The summed E-state index contributed by atoms with van der Waals surface area (Å²) in [6, 6.07) is 0.330. The number of carboxylic acids is 1. The summed E-state index contributed by atoms with van der Waals surface area (Å²) in [7, 11) is 0. The van der Waals surface area contributed by atoms with Crippen molar-refractivity contribution in [1.29, 1.82) is 0 Å². The van der Waals surface area contributed by atoms with Gasteiger partial charge in [0.15, 0.2) is 0 Å². The minimum Gasteiger partial charge on any atom is -0.481 e. The van der Waals surface area contributed by atoms with Gasteiger partial charge in [-0.1, -0.05) is 36.8 Å². The number of ether oxygens (including phenoxy) is 1. The molecule has 2 unspecified atom stereocenters. The molecule has 6 nitrogen and oxygen atoms in total. The van der Waals surface area contributed by atoms with Gasteiger partial charge in [-0.2, -0.15) is 0 Å². The second-order valence-electron chi connectivity index (χ2n) is 12.0. The molecule has 6 heteroatoms. The van der Waals surface area contributed by atoms with E-state index in [0.29, 0.717) is 17.9 Å². The number of nitrogens with one attached hydrogen (secondary N) is 1. The minimum atomic E-state index is -0.757. The lowest BCUT2D eigenvalue weighted by Gasteiger charge is -2.39. The van der Waals surface area contributed by atoms with E-state index in [-0.39, 0.29) is 24.2 Å². The molecule has 0 aromatic carbocycles. The number of allylic oxidation sites excluding steroid dienone is 4. The van der Waals surface area contributed by atoms with Crippen molar-refractivity contribution < 1.29 is 24.5 Å². The molecule has 36 heavy (non-hydrogen) atoms. The molecule has 0 radical (unpaired) electrons. The van der Waals surface area contributed by atoms with Crippen LogP contribution in [0.1, 0.15) is 99.8 Å². The van der Waals surface area contributed by atoms with Gasteiger partial charge in [-0.15, -0.1) is 0 Å². The molecule has 1 heterocycles. The van der Waals surface area contributed by atoms with Crippen molar-refractivity contribution >= 4 is 11.9 Å². The van der Waals surface area contributed by atoms with Crippen LogP contribution in [0.5, 0.6) is 0 Å². The summed E-state index contributed by atoms with van der Waals surface area (Å²) in [6.45, 7) is 13.6. The number of amides is 1. The molecular formula is C30H51NO5. The molecule has 0 aromatic heterocycles. The molecule has 2 fully saturated rings. The van der Waals surface area contributed by atoms with Gasteiger partial charge < -0.3 is 20.3 Å². The van der Waals surface area contributed by atoms with E-state index in [1.165, 1.54) is 18.4 Å². The van der Waals surface area contributed by atoms with E-state index >= 15 is 0 Å². The second kappa shape index (κ2) is 15.4. The van der Waals surface area contributed by atoms with Gasteiger partial charge in [0, 0.05) is 12.6 Å². The highest BCUT2D eigenvalue weighted by Gasteiger charge is 2.33. The highest BCUT2D eigenvalue weighted by molar-refractivity contribution is 5.87. The molecule has 1 saturated carbocycles. The Bertz CT molecular complexity index is 767. The number of aliphatic hydroxyl groups excluding tert-OH is 1. The predicted octanol–water partition coefficient (Wildman–Crippen LogP) is 6.20. The Labute approximate surface area is 219 Å². The Morgan fingerprint density at radius 3 is 2.22 bits per heavy atom. The van der Waals surface area contributed by atoms with Gasteiger partial charge in [-0.3, -0.25) is 9.59 Å². The van der Waals surface area contributed by atoms with Crippen LogP contribution >= 0.6 is 0 Å². The third-order valence-corrected chi connectivity index (χ3v) is 6.76. The molecule has 0 aromatic rings. The van der Waals surface area contributed by atoms with Crippen molar-refractivity contribution in [1.82, 2.24) is 5.32 Å². The van der Waals surface area contributed by atoms with E-state index in [4.69, 9.17) is 9.84 Å². The lowest BCUT2D eigenvalue weighted by Crippen LogP contribution is -2.39. The highest BCUT2D eigenvalue weighted by atomic mass is 16.5. The van der Waals surface area contributed by atoms with Crippen LogP contribution in [0.25, 0.3) is 0 Å². The van der Waals surface area contributed by atoms with Gasteiger partial charge in [0.2, 0.25) is 5.91 Å². The number of carboxylic acid groups (broad SMARTS) is 1. The van der Waals surface area contributed by atoms with Crippen LogP contribution in [-0.2, 0) is 14.3 Å². The summed E-state index contributed by atoms with van der Waals surface area (Å²) >= 11 is 0. The first-order valence-electron chi connectivity index (χ1n) is 13.6. The number of aliphatic hydroxyl groups is 1. The number of hydrogen-bond acceptors (Lipinski definition) is 4. The van der Waals surface area contributed by atoms with Gasteiger partial charge in [0.25, 0.3) is 0 Å². The first-order chi connectivity index (χ1) is 16.8. The highest BCUT2D eigenvalue weighted by Crippen LogP contribution is 2.33. The first kappa shape index (κ1) is 32.1. The standard InChI is InChI=1S/C25H41NO3.C5H10O2/c1-5-6-7-24(28)26-22-13-11-20(12-14-22)10-8-19(2)9-15-23-16-21(18-27)17-25(3,4)29-23;1-5(2,3)4(6)7/h6-9,15,20-23,27H,5,10-14,16-18H2,1-4H3,(H,26,28);1-3H3,(H,6,7)/b7-6-,15-9+,19-8+;. The number of aliphatic carboxylic acids is 1. The minimum absolute atomic E-state index is 0.0488. The normalized spacial score (nSPS) is 26.9. The van der Waals surface area contributed by atoms with E-state index < -0.39 is 11.4 Å². The van der Waals surface area contributed by atoms with Crippen molar-refractivity contribution in [2.75, 3.05) is 6.61 Å². The summed E-state index contributed by atoms with van der Waals surface area (Å²) in [4.78, 5) is 21.8. The van der Waals surface area contributed by atoms with Crippen molar-refractivity contribution in [3.8, 4) is 0 Å². The summed E-state index contributed by atoms with van der Waals surface area (Å²) in [6.07, 6.45) is 18.6. The van der Waals surface area contributed by atoms with Gasteiger partial charge in [-0.05, 0) is 111 Å². The summed E-state index contributed by atoms with van der Waals surface area (Å²) in [5.74, 6) is 0.326. The van der Waals surface area contributed by atoms with E-state index in [2.05, 4.69) is 44.3 Å². The van der Waals surface area contributed by atoms with Gasteiger partial charge >= 0.3 is 5.97 Å². The first-order valence-corrected chi connectivity index (χ1v) is 13.6. The Morgan fingerprint density at radius 2 is 1.69 bits per heavy atom. The SMILES string of the molecule is CC(C)(C)C(=O)O.CC/C=C\C(=O)NC1CCC(C/C=C(C)/C=C/C2CC(CO)CC(C)(C)O2)CC1. The third-order valence-electron chi connectivity index (χ3n) is 6.76. The Hall–Kier alpha value is -1.92. The van der Waals surface area contributed by atoms with Crippen LogP contribution in [0.2, 0.25) is 0 Å². The Morgan fingerprint density at radius 1 is 1.08 bits per heavy atom. The largest absolute Gasteiger partial charge is 0.481 e. The maximum absolute atomic E-state index is 11.8. The average Bonchev–Trinajstić information content (AvgIpc) is 2.79. The zero-order valence-electron chi connectivity index (χ0n) is 23.7. The molecule has 0 bridgehead atoms. The van der Waals surface area contributed by atoms with Crippen LogP contribution in [0, 0.1) is 17.3 Å². The van der Waals surface area contributed by atoms with Gasteiger partial charge in [-0.25, -0.2) is 0 Å². The molecule has 1 saturated heterocycles. The van der Waals surface area contributed by atoms with E-state index in [1.54, 1.807) is 26.8 Å².